The summed E-state index contributed by atoms with van der Waals surface area (Å²) in [7, 11) is 1.65. The standard InChI is InChI=1S/C20H26ClN3O2/c1-13-20(21)15(3)24(22-13)12-19(25)23(14(2)17-7-8-17)11-16-5-9-18(26-4)10-6-16/h5-6,9-10,14,17H,7-8,11-12H2,1-4H3. The summed E-state index contributed by atoms with van der Waals surface area (Å²) in [4.78, 5) is 15.1. The number of amides is 1. The number of carbonyl (C=O) groups is 1. The number of nitrogens with zero attached hydrogens (tertiary/aromatic N) is 3. The van der Waals surface area contributed by atoms with Gasteiger partial charge in [-0.1, -0.05) is 23.7 Å². The van der Waals surface area contributed by atoms with E-state index in [-0.39, 0.29) is 18.5 Å². The zero-order chi connectivity index (χ0) is 18.8. The minimum atomic E-state index is 0.0717. The van der Waals surface area contributed by atoms with Gasteiger partial charge in [0.1, 0.15) is 12.3 Å². The zero-order valence-corrected chi connectivity index (χ0v) is 16.6. The summed E-state index contributed by atoms with van der Waals surface area (Å²) in [6.07, 6.45) is 2.39. The van der Waals surface area contributed by atoms with Crippen molar-refractivity contribution in [3.63, 3.8) is 0 Å². The number of rotatable bonds is 7. The number of aromatic nitrogens is 2. The van der Waals surface area contributed by atoms with Gasteiger partial charge in [-0.3, -0.25) is 9.48 Å². The number of halogens is 1. The number of benzene rings is 1. The van der Waals surface area contributed by atoms with E-state index in [0.29, 0.717) is 17.5 Å². The highest BCUT2D eigenvalue weighted by molar-refractivity contribution is 6.31. The average molecular weight is 376 g/mol. The lowest BCUT2D eigenvalue weighted by Gasteiger charge is -2.30. The molecule has 0 saturated heterocycles. The van der Waals surface area contributed by atoms with Gasteiger partial charge in [0.2, 0.25) is 5.91 Å². The van der Waals surface area contributed by atoms with Gasteiger partial charge in [-0.2, -0.15) is 5.10 Å². The highest BCUT2D eigenvalue weighted by atomic mass is 35.5. The van der Waals surface area contributed by atoms with Gasteiger partial charge in [-0.05, 0) is 57.2 Å². The molecule has 5 nitrogen and oxygen atoms in total. The van der Waals surface area contributed by atoms with E-state index in [1.165, 1.54) is 12.8 Å². The summed E-state index contributed by atoms with van der Waals surface area (Å²) < 4.78 is 6.93. The van der Waals surface area contributed by atoms with Crippen molar-refractivity contribution in [1.29, 1.82) is 0 Å². The molecule has 1 unspecified atom stereocenters. The summed E-state index contributed by atoms with van der Waals surface area (Å²) in [6, 6.07) is 8.11. The van der Waals surface area contributed by atoms with E-state index in [0.717, 1.165) is 22.7 Å². The summed E-state index contributed by atoms with van der Waals surface area (Å²) in [6.45, 7) is 6.71. The lowest BCUT2D eigenvalue weighted by Crippen LogP contribution is -2.41. The van der Waals surface area contributed by atoms with Gasteiger partial charge >= 0.3 is 0 Å². The Labute approximate surface area is 159 Å². The van der Waals surface area contributed by atoms with Gasteiger partial charge in [0.25, 0.3) is 0 Å². The number of hydrogen-bond acceptors (Lipinski definition) is 3. The molecule has 3 rings (SSSR count). The molecule has 1 atom stereocenters. The van der Waals surface area contributed by atoms with Crippen LogP contribution in [-0.2, 0) is 17.9 Å². The van der Waals surface area contributed by atoms with Gasteiger partial charge in [0.05, 0.1) is 23.5 Å². The van der Waals surface area contributed by atoms with Gasteiger partial charge in [-0.25, -0.2) is 0 Å². The second kappa shape index (κ2) is 7.70. The van der Waals surface area contributed by atoms with Crippen LogP contribution in [0.3, 0.4) is 0 Å². The van der Waals surface area contributed by atoms with Gasteiger partial charge < -0.3 is 9.64 Å². The number of hydrogen-bond donors (Lipinski definition) is 0. The average Bonchev–Trinajstić information content (AvgIpc) is 3.45. The fraction of sp³-hybridized carbons (Fsp3) is 0.500. The SMILES string of the molecule is COc1ccc(CN(C(=O)Cn2nc(C)c(Cl)c2C)C(C)C2CC2)cc1. The van der Waals surface area contributed by atoms with Crippen molar-refractivity contribution < 1.29 is 9.53 Å². The van der Waals surface area contributed by atoms with E-state index < -0.39 is 0 Å². The molecule has 1 amide bonds. The smallest absolute Gasteiger partial charge is 0.244 e. The van der Waals surface area contributed by atoms with Crippen molar-refractivity contribution in [1.82, 2.24) is 14.7 Å². The molecule has 0 N–H and O–H groups in total. The highest BCUT2D eigenvalue weighted by Crippen LogP contribution is 2.36. The van der Waals surface area contributed by atoms with E-state index in [4.69, 9.17) is 16.3 Å². The first-order chi connectivity index (χ1) is 12.4. The predicted octanol–water partition coefficient (Wildman–Crippen LogP) is 3.99. The minimum Gasteiger partial charge on any atom is -0.497 e. The molecular weight excluding hydrogens is 350 g/mol. The van der Waals surface area contributed by atoms with Gasteiger partial charge in [0.15, 0.2) is 0 Å². The third-order valence-corrected chi connectivity index (χ3v) is 5.75. The molecular formula is C20H26ClN3O2. The van der Waals surface area contributed by atoms with Gasteiger partial charge in [0, 0.05) is 12.6 Å². The van der Waals surface area contributed by atoms with Crippen molar-refractivity contribution >= 4 is 17.5 Å². The maximum absolute atomic E-state index is 13.1. The van der Waals surface area contributed by atoms with Crippen LogP contribution in [0, 0.1) is 19.8 Å². The van der Waals surface area contributed by atoms with Crippen LogP contribution in [-0.4, -0.2) is 33.7 Å². The van der Waals surface area contributed by atoms with Crippen LogP contribution in [0.4, 0.5) is 0 Å². The van der Waals surface area contributed by atoms with Crippen LogP contribution in [0.25, 0.3) is 0 Å². The number of methoxy groups -OCH3 is 1. The Bertz CT molecular complexity index is 781. The van der Waals surface area contributed by atoms with Crippen molar-refractivity contribution in [2.45, 2.75) is 52.7 Å². The van der Waals surface area contributed by atoms with Crippen LogP contribution in [0.15, 0.2) is 24.3 Å². The summed E-state index contributed by atoms with van der Waals surface area (Å²) in [5, 5.41) is 5.04. The molecule has 1 aromatic carbocycles. The Morgan fingerprint density at radius 3 is 2.50 bits per heavy atom. The fourth-order valence-electron chi connectivity index (χ4n) is 3.27. The second-order valence-corrected chi connectivity index (χ2v) is 7.47. The molecule has 26 heavy (non-hydrogen) atoms. The molecule has 1 heterocycles. The molecule has 6 heteroatoms. The van der Waals surface area contributed by atoms with Crippen molar-refractivity contribution in [2.24, 2.45) is 5.92 Å². The molecule has 0 spiro atoms. The van der Waals surface area contributed by atoms with Crippen molar-refractivity contribution in [2.75, 3.05) is 7.11 Å². The quantitative estimate of drug-likeness (QED) is 0.735. The monoisotopic (exact) mass is 375 g/mol. The molecule has 0 aliphatic heterocycles. The normalized spacial score (nSPS) is 15.0. The molecule has 140 valence electrons. The van der Waals surface area contributed by atoms with Crippen LogP contribution in [0.2, 0.25) is 5.02 Å². The Morgan fingerprint density at radius 2 is 2.00 bits per heavy atom. The Hall–Kier alpha value is -2.01. The lowest BCUT2D eigenvalue weighted by atomic mass is 10.1. The Balaban J connectivity index is 1.78. The maximum Gasteiger partial charge on any atom is 0.244 e. The van der Waals surface area contributed by atoms with Crippen LogP contribution >= 0.6 is 11.6 Å². The third-order valence-electron chi connectivity index (χ3n) is 5.21. The van der Waals surface area contributed by atoms with Crippen LogP contribution < -0.4 is 4.74 Å². The van der Waals surface area contributed by atoms with Crippen molar-refractivity contribution in [3.8, 4) is 5.75 Å². The first kappa shape index (κ1) is 18.8. The topological polar surface area (TPSA) is 47.4 Å². The van der Waals surface area contributed by atoms with E-state index in [1.54, 1.807) is 11.8 Å². The molecule has 1 aliphatic carbocycles. The van der Waals surface area contributed by atoms with E-state index in [9.17, 15) is 4.79 Å². The minimum absolute atomic E-state index is 0.0717. The van der Waals surface area contributed by atoms with Crippen LogP contribution in [0.5, 0.6) is 5.75 Å². The molecule has 1 aliphatic rings. The van der Waals surface area contributed by atoms with Crippen LogP contribution in [0.1, 0.15) is 36.7 Å². The third kappa shape index (κ3) is 4.04. The van der Waals surface area contributed by atoms with E-state index in [1.807, 2.05) is 43.0 Å². The lowest BCUT2D eigenvalue weighted by molar-refractivity contribution is -0.135. The largest absolute Gasteiger partial charge is 0.497 e. The highest BCUT2D eigenvalue weighted by Gasteiger charge is 2.34. The first-order valence-electron chi connectivity index (χ1n) is 9.02. The second-order valence-electron chi connectivity index (χ2n) is 7.09. The van der Waals surface area contributed by atoms with E-state index >= 15 is 0 Å². The summed E-state index contributed by atoms with van der Waals surface area (Å²) in [5.74, 6) is 1.49. The molecule has 0 bridgehead atoms. The Morgan fingerprint density at radius 1 is 1.35 bits per heavy atom. The van der Waals surface area contributed by atoms with E-state index in [2.05, 4.69) is 12.0 Å². The number of carbonyl (C=O) groups excluding carboxylic acids is 1. The summed E-state index contributed by atoms with van der Waals surface area (Å²) >= 11 is 6.22. The zero-order valence-electron chi connectivity index (χ0n) is 15.8. The molecule has 0 radical (unpaired) electrons. The first-order valence-corrected chi connectivity index (χ1v) is 9.40. The maximum atomic E-state index is 13.1. The molecule has 1 saturated carbocycles. The molecule has 1 aromatic heterocycles. The summed E-state index contributed by atoms with van der Waals surface area (Å²) in [5.41, 5.74) is 2.69. The fourth-order valence-corrected chi connectivity index (χ4v) is 3.40. The molecule has 1 fully saturated rings. The van der Waals surface area contributed by atoms with Crippen molar-refractivity contribution in [3.05, 3.63) is 46.2 Å². The van der Waals surface area contributed by atoms with Gasteiger partial charge in [-0.15, -0.1) is 0 Å². The predicted molar refractivity (Wildman–Crippen MR) is 102 cm³/mol. The number of aryl methyl sites for hydroxylation is 1. The Kier molecular flexibility index (Phi) is 5.56. The number of ether oxygens (including phenoxy) is 1. The molecule has 2 aromatic rings.